The molecule has 3 N–H and O–H groups in total. The van der Waals surface area contributed by atoms with Crippen LogP contribution in [0.3, 0.4) is 0 Å². The van der Waals surface area contributed by atoms with Crippen molar-refractivity contribution in [2.45, 2.75) is 27.2 Å². The standard InChI is InChI=1S/2C8H7NO4.2C2H4O2/c1-6(10)13-8-4-2-7(3-5-8)9(11)12;10-8(11)5-6-1-3-7(4-2-6)9(12)13;2*1-2(3)4/h2-5H,1H3;1-4H,5H2,(H,10,11);2*1H3,(H,3,4). The van der Waals surface area contributed by atoms with Gasteiger partial charge < -0.3 is 20.1 Å². The second kappa shape index (κ2) is 16.8. The fourth-order valence-electron chi connectivity index (χ4n) is 1.71. The van der Waals surface area contributed by atoms with Crippen LogP contribution in [-0.4, -0.2) is 49.0 Å². The lowest BCUT2D eigenvalue weighted by Crippen LogP contribution is -2.01. The zero-order valence-electron chi connectivity index (χ0n) is 18.2. The molecule has 0 aromatic heterocycles. The van der Waals surface area contributed by atoms with Gasteiger partial charge in [0.05, 0.1) is 16.3 Å². The van der Waals surface area contributed by atoms with E-state index in [1.807, 2.05) is 0 Å². The Labute approximate surface area is 192 Å². The molecule has 0 radical (unpaired) electrons. The number of rotatable bonds is 5. The fourth-order valence-corrected chi connectivity index (χ4v) is 1.71. The van der Waals surface area contributed by atoms with Crippen LogP contribution >= 0.6 is 0 Å². The van der Waals surface area contributed by atoms with E-state index < -0.39 is 33.7 Å². The van der Waals surface area contributed by atoms with Crippen molar-refractivity contribution < 1.29 is 49.1 Å². The van der Waals surface area contributed by atoms with Crippen LogP contribution in [0.15, 0.2) is 48.5 Å². The lowest BCUT2D eigenvalue weighted by atomic mass is 10.1. The van der Waals surface area contributed by atoms with Crippen molar-refractivity contribution >= 4 is 35.3 Å². The average molecular weight is 482 g/mol. The Hall–Kier alpha value is -4.88. The molecule has 2 aromatic carbocycles. The summed E-state index contributed by atoms with van der Waals surface area (Å²) in [4.78, 5) is 58.1. The maximum absolute atomic E-state index is 10.5. The van der Waals surface area contributed by atoms with Crippen molar-refractivity contribution in [2.24, 2.45) is 0 Å². The molecule has 0 atom stereocenters. The number of carbonyl (C=O) groups is 4. The number of carbonyl (C=O) groups excluding carboxylic acids is 1. The summed E-state index contributed by atoms with van der Waals surface area (Å²) in [5.41, 5.74) is 0.489. The first kappa shape index (κ1) is 31.3. The molecule has 34 heavy (non-hydrogen) atoms. The minimum atomic E-state index is -0.950. The third kappa shape index (κ3) is 19.1. The smallest absolute Gasteiger partial charge is 0.308 e. The van der Waals surface area contributed by atoms with E-state index in [0.29, 0.717) is 11.3 Å². The molecule has 0 aliphatic heterocycles. The predicted octanol–water partition coefficient (Wildman–Crippen LogP) is 2.92. The van der Waals surface area contributed by atoms with Crippen LogP contribution in [0.2, 0.25) is 0 Å². The largest absolute Gasteiger partial charge is 0.481 e. The van der Waals surface area contributed by atoms with Gasteiger partial charge in [-0.2, -0.15) is 0 Å². The summed E-state index contributed by atoms with van der Waals surface area (Å²) in [6, 6.07) is 10.8. The second-order valence-corrected chi connectivity index (χ2v) is 5.88. The summed E-state index contributed by atoms with van der Waals surface area (Å²) < 4.78 is 4.69. The number of hydrogen-bond donors (Lipinski definition) is 3. The van der Waals surface area contributed by atoms with Gasteiger partial charge in [0.1, 0.15) is 5.75 Å². The van der Waals surface area contributed by atoms with Gasteiger partial charge in [-0.3, -0.25) is 39.4 Å². The molecule has 0 aliphatic carbocycles. The van der Waals surface area contributed by atoms with Gasteiger partial charge in [-0.05, 0) is 17.7 Å². The van der Waals surface area contributed by atoms with E-state index in [0.717, 1.165) is 13.8 Å². The van der Waals surface area contributed by atoms with Gasteiger partial charge >= 0.3 is 11.9 Å². The number of nitrogens with zero attached hydrogens (tertiary/aromatic N) is 2. The summed E-state index contributed by atoms with van der Waals surface area (Å²) in [6.07, 6.45) is -0.113. The molecule has 0 unspecified atom stereocenters. The summed E-state index contributed by atoms with van der Waals surface area (Å²) >= 11 is 0. The molecule has 2 rings (SSSR count). The van der Waals surface area contributed by atoms with Crippen molar-refractivity contribution in [1.29, 1.82) is 0 Å². The molecular formula is C20H22N2O12. The first-order valence-corrected chi connectivity index (χ1v) is 8.92. The van der Waals surface area contributed by atoms with E-state index in [9.17, 15) is 29.8 Å². The van der Waals surface area contributed by atoms with E-state index in [-0.39, 0.29) is 17.8 Å². The summed E-state index contributed by atoms with van der Waals surface area (Å²) in [6.45, 7) is 3.43. The van der Waals surface area contributed by atoms with E-state index in [1.165, 1.54) is 55.5 Å². The minimum absolute atomic E-state index is 0.0316. The maximum Gasteiger partial charge on any atom is 0.308 e. The van der Waals surface area contributed by atoms with Gasteiger partial charge in [-0.15, -0.1) is 0 Å². The van der Waals surface area contributed by atoms with Gasteiger partial charge in [-0.25, -0.2) is 0 Å². The van der Waals surface area contributed by atoms with Crippen LogP contribution in [-0.2, 0) is 25.6 Å². The Kier molecular flexibility index (Phi) is 15.4. The molecule has 0 aliphatic rings. The van der Waals surface area contributed by atoms with Crippen molar-refractivity contribution in [2.75, 3.05) is 0 Å². The van der Waals surface area contributed by atoms with Crippen LogP contribution in [0.5, 0.6) is 5.75 Å². The van der Waals surface area contributed by atoms with Crippen LogP contribution in [0.25, 0.3) is 0 Å². The number of carboxylic acid groups (broad SMARTS) is 3. The lowest BCUT2D eigenvalue weighted by molar-refractivity contribution is -0.385. The third-order valence-corrected chi connectivity index (χ3v) is 2.81. The Morgan fingerprint density at radius 3 is 1.32 bits per heavy atom. The topological polar surface area (TPSA) is 224 Å². The molecule has 0 saturated carbocycles. The highest BCUT2D eigenvalue weighted by Gasteiger charge is 2.06. The fraction of sp³-hybridized carbons (Fsp3) is 0.200. The number of esters is 1. The highest BCUT2D eigenvalue weighted by Crippen LogP contribution is 2.17. The first-order chi connectivity index (χ1) is 15.6. The Morgan fingerprint density at radius 1 is 0.735 bits per heavy atom. The number of ether oxygens (including phenoxy) is 1. The van der Waals surface area contributed by atoms with E-state index in [1.54, 1.807) is 0 Å². The number of nitro groups is 2. The monoisotopic (exact) mass is 482 g/mol. The second-order valence-electron chi connectivity index (χ2n) is 5.88. The molecule has 0 heterocycles. The van der Waals surface area contributed by atoms with Crippen LogP contribution in [0.1, 0.15) is 26.3 Å². The maximum atomic E-state index is 10.5. The molecule has 0 spiro atoms. The SMILES string of the molecule is CC(=O)O.CC(=O)O.CC(=O)Oc1ccc([N+](=O)[O-])cc1.O=C(O)Cc1ccc([N+](=O)[O-])cc1. The number of non-ortho nitro benzene ring substituents is 2. The van der Waals surface area contributed by atoms with Crippen LogP contribution in [0, 0.1) is 20.2 Å². The number of carboxylic acids is 3. The van der Waals surface area contributed by atoms with Gasteiger partial charge in [-0.1, -0.05) is 12.1 Å². The van der Waals surface area contributed by atoms with Crippen molar-refractivity contribution in [3.05, 3.63) is 74.3 Å². The highest BCUT2D eigenvalue weighted by molar-refractivity contribution is 5.70. The van der Waals surface area contributed by atoms with Gasteiger partial charge in [0.25, 0.3) is 23.3 Å². The number of nitro benzene ring substituents is 2. The minimum Gasteiger partial charge on any atom is -0.481 e. The molecule has 2 aromatic rings. The third-order valence-electron chi connectivity index (χ3n) is 2.81. The Balaban J connectivity index is 0. The number of aliphatic carboxylic acids is 3. The lowest BCUT2D eigenvalue weighted by Gasteiger charge is -1.98. The molecular weight excluding hydrogens is 460 g/mol. The highest BCUT2D eigenvalue weighted by atomic mass is 16.6. The van der Waals surface area contributed by atoms with Crippen LogP contribution < -0.4 is 4.74 Å². The molecule has 0 fully saturated rings. The van der Waals surface area contributed by atoms with Crippen molar-refractivity contribution in [1.82, 2.24) is 0 Å². The average Bonchev–Trinajstić information content (AvgIpc) is 2.67. The van der Waals surface area contributed by atoms with E-state index >= 15 is 0 Å². The van der Waals surface area contributed by atoms with E-state index in [2.05, 4.69) is 4.74 Å². The van der Waals surface area contributed by atoms with Gasteiger partial charge in [0.2, 0.25) is 0 Å². The van der Waals surface area contributed by atoms with Gasteiger partial charge in [0, 0.05) is 45.0 Å². The normalized spacial score (nSPS) is 8.68. The Bertz CT molecular complexity index is 896. The molecule has 14 nitrogen and oxygen atoms in total. The Morgan fingerprint density at radius 2 is 1.06 bits per heavy atom. The molecule has 184 valence electrons. The number of hydrogen-bond acceptors (Lipinski definition) is 9. The predicted molar refractivity (Wildman–Crippen MR) is 115 cm³/mol. The van der Waals surface area contributed by atoms with E-state index in [4.69, 9.17) is 24.9 Å². The summed E-state index contributed by atoms with van der Waals surface area (Å²) in [7, 11) is 0. The van der Waals surface area contributed by atoms with Crippen molar-refractivity contribution in [3.63, 3.8) is 0 Å². The zero-order valence-corrected chi connectivity index (χ0v) is 18.2. The quantitative estimate of drug-likeness (QED) is 0.242. The first-order valence-electron chi connectivity index (χ1n) is 8.92. The summed E-state index contributed by atoms with van der Waals surface area (Å²) in [5, 5.41) is 43.7. The number of benzene rings is 2. The van der Waals surface area contributed by atoms with Crippen molar-refractivity contribution in [3.8, 4) is 5.75 Å². The van der Waals surface area contributed by atoms with Gasteiger partial charge in [0.15, 0.2) is 0 Å². The summed E-state index contributed by atoms with van der Waals surface area (Å²) in [5.74, 6) is -2.76. The molecule has 0 bridgehead atoms. The molecule has 0 amide bonds. The molecule has 0 saturated heterocycles. The molecule has 14 heteroatoms. The van der Waals surface area contributed by atoms with Crippen LogP contribution in [0.4, 0.5) is 11.4 Å². The zero-order chi connectivity index (χ0) is 26.8.